The molecule has 0 saturated heterocycles. The third-order valence-corrected chi connectivity index (χ3v) is 2.59. The molecular weight excluding hydrogens is 231 g/mol. The lowest BCUT2D eigenvalue weighted by Crippen LogP contribution is -2.13. The molecule has 0 aliphatic heterocycles. The van der Waals surface area contributed by atoms with Gasteiger partial charge >= 0.3 is 0 Å². The van der Waals surface area contributed by atoms with Crippen molar-refractivity contribution in [2.45, 2.75) is 13.8 Å². The Balaban J connectivity index is 2.16. The quantitative estimate of drug-likeness (QED) is 0.882. The van der Waals surface area contributed by atoms with E-state index in [1.54, 1.807) is 31.3 Å². The molecule has 1 aromatic carbocycles. The van der Waals surface area contributed by atoms with Crippen LogP contribution in [0.5, 0.6) is 0 Å². The zero-order valence-electron chi connectivity index (χ0n) is 10.2. The third kappa shape index (κ3) is 2.71. The van der Waals surface area contributed by atoms with Gasteiger partial charge in [0.2, 0.25) is 0 Å². The number of rotatable bonds is 2. The van der Waals surface area contributed by atoms with Gasteiger partial charge in [-0.15, -0.1) is 0 Å². The zero-order chi connectivity index (χ0) is 13.1. The standard InChI is InChI=1S/C14H13FN2O/c1-9-3-6-13(16-8-9)17-14(18)11-5-4-10(2)12(15)7-11/h3-8H,1-2H3,(H,16,17,18). The van der Waals surface area contributed by atoms with Crippen LogP contribution in [0, 0.1) is 19.7 Å². The van der Waals surface area contributed by atoms with Gasteiger partial charge in [0, 0.05) is 11.8 Å². The summed E-state index contributed by atoms with van der Waals surface area (Å²) in [5, 5.41) is 2.62. The molecule has 0 aliphatic carbocycles. The van der Waals surface area contributed by atoms with Gasteiger partial charge in [0.15, 0.2) is 0 Å². The average molecular weight is 244 g/mol. The molecule has 92 valence electrons. The van der Waals surface area contributed by atoms with Crippen molar-refractivity contribution < 1.29 is 9.18 Å². The van der Waals surface area contributed by atoms with E-state index in [9.17, 15) is 9.18 Å². The fourth-order valence-corrected chi connectivity index (χ4v) is 1.46. The zero-order valence-corrected chi connectivity index (χ0v) is 10.2. The molecule has 0 radical (unpaired) electrons. The second-order valence-electron chi connectivity index (χ2n) is 4.14. The van der Waals surface area contributed by atoms with E-state index in [0.29, 0.717) is 11.4 Å². The van der Waals surface area contributed by atoms with Gasteiger partial charge < -0.3 is 5.32 Å². The van der Waals surface area contributed by atoms with Crippen molar-refractivity contribution in [3.05, 3.63) is 59.0 Å². The minimum atomic E-state index is -0.389. The van der Waals surface area contributed by atoms with Crippen LogP contribution in [0.25, 0.3) is 0 Å². The highest BCUT2D eigenvalue weighted by Crippen LogP contribution is 2.11. The van der Waals surface area contributed by atoms with Crippen LogP contribution in [0.1, 0.15) is 21.5 Å². The van der Waals surface area contributed by atoms with Gasteiger partial charge in [-0.25, -0.2) is 9.37 Å². The van der Waals surface area contributed by atoms with Crippen LogP contribution >= 0.6 is 0 Å². The summed E-state index contributed by atoms with van der Waals surface area (Å²) >= 11 is 0. The van der Waals surface area contributed by atoms with Crippen LogP contribution in [-0.2, 0) is 0 Å². The molecule has 1 heterocycles. The number of benzene rings is 1. The van der Waals surface area contributed by atoms with E-state index in [0.717, 1.165) is 5.56 Å². The Labute approximate surface area is 105 Å². The van der Waals surface area contributed by atoms with Crippen molar-refractivity contribution in [1.82, 2.24) is 4.98 Å². The molecule has 2 aromatic rings. The number of amides is 1. The van der Waals surface area contributed by atoms with E-state index in [1.807, 2.05) is 13.0 Å². The van der Waals surface area contributed by atoms with Crippen molar-refractivity contribution >= 4 is 11.7 Å². The van der Waals surface area contributed by atoms with Crippen LogP contribution < -0.4 is 5.32 Å². The normalized spacial score (nSPS) is 10.2. The van der Waals surface area contributed by atoms with Gasteiger partial charge in [-0.1, -0.05) is 12.1 Å². The molecular formula is C14H13FN2O. The lowest BCUT2D eigenvalue weighted by atomic mass is 10.1. The largest absolute Gasteiger partial charge is 0.307 e. The number of anilines is 1. The molecule has 4 heteroatoms. The van der Waals surface area contributed by atoms with E-state index >= 15 is 0 Å². The number of carbonyl (C=O) groups is 1. The predicted octanol–water partition coefficient (Wildman–Crippen LogP) is 3.09. The van der Waals surface area contributed by atoms with E-state index < -0.39 is 0 Å². The van der Waals surface area contributed by atoms with Crippen molar-refractivity contribution in [3.8, 4) is 0 Å². The Hall–Kier alpha value is -2.23. The molecule has 0 saturated carbocycles. The maximum Gasteiger partial charge on any atom is 0.256 e. The van der Waals surface area contributed by atoms with Crippen LogP contribution in [0.15, 0.2) is 36.5 Å². The number of nitrogens with zero attached hydrogens (tertiary/aromatic N) is 1. The molecule has 0 atom stereocenters. The predicted molar refractivity (Wildman–Crippen MR) is 68.1 cm³/mol. The second kappa shape index (κ2) is 4.96. The number of carbonyl (C=O) groups excluding carboxylic acids is 1. The second-order valence-corrected chi connectivity index (χ2v) is 4.14. The number of aryl methyl sites for hydroxylation is 2. The number of pyridine rings is 1. The first kappa shape index (κ1) is 12.2. The number of hydrogen-bond acceptors (Lipinski definition) is 2. The van der Waals surface area contributed by atoms with E-state index in [1.165, 1.54) is 6.07 Å². The summed E-state index contributed by atoms with van der Waals surface area (Å²) in [6.45, 7) is 3.56. The van der Waals surface area contributed by atoms with Crippen LogP contribution in [0.2, 0.25) is 0 Å². The van der Waals surface area contributed by atoms with Crippen molar-refractivity contribution in [3.63, 3.8) is 0 Å². The third-order valence-electron chi connectivity index (χ3n) is 2.59. The summed E-state index contributed by atoms with van der Waals surface area (Å²) < 4.78 is 13.3. The highest BCUT2D eigenvalue weighted by atomic mass is 19.1. The Morgan fingerprint density at radius 1 is 1.22 bits per heavy atom. The number of nitrogens with one attached hydrogen (secondary N) is 1. The Kier molecular flexibility index (Phi) is 3.37. The molecule has 18 heavy (non-hydrogen) atoms. The maximum atomic E-state index is 13.3. The van der Waals surface area contributed by atoms with E-state index in [-0.39, 0.29) is 17.3 Å². The lowest BCUT2D eigenvalue weighted by Gasteiger charge is -2.05. The van der Waals surface area contributed by atoms with Crippen LogP contribution in [0.4, 0.5) is 10.2 Å². The Bertz CT molecular complexity index is 579. The van der Waals surface area contributed by atoms with Gasteiger partial charge in [-0.05, 0) is 43.2 Å². The molecule has 0 aliphatic rings. The van der Waals surface area contributed by atoms with Crippen LogP contribution in [0.3, 0.4) is 0 Å². The van der Waals surface area contributed by atoms with Gasteiger partial charge in [-0.3, -0.25) is 4.79 Å². The van der Waals surface area contributed by atoms with Crippen molar-refractivity contribution in [2.75, 3.05) is 5.32 Å². The van der Waals surface area contributed by atoms with Gasteiger partial charge in [0.1, 0.15) is 11.6 Å². The first-order valence-electron chi connectivity index (χ1n) is 5.56. The molecule has 0 unspecified atom stereocenters. The highest BCUT2D eigenvalue weighted by Gasteiger charge is 2.08. The minimum absolute atomic E-state index is 0.278. The summed E-state index contributed by atoms with van der Waals surface area (Å²) in [4.78, 5) is 15.9. The molecule has 0 spiro atoms. The first-order chi connectivity index (χ1) is 8.56. The Morgan fingerprint density at radius 3 is 2.61 bits per heavy atom. The van der Waals surface area contributed by atoms with Gasteiger partial charge in [0.25, 0.3) is 5.91 Å². The van der Waals surface area contributed by atoms with Crippen molar-refractivity contribution in [1.29, 1.82) is 0 Å². The number of aromatic nitrogens is 1. The van der Waals surface area contributed by atoms with E-state index in [2.05, 4.69) is 10.3 Å². The Morgan fingerprint density at radius 2 is 2.00 bits per heavy atom. The molecule has 3 nitrogen and oxygen atoms in total. The molecule has 1 N–H and O–H groups in total. The fourth-order valence-electron chi connectivity index (χ4n) is 1.46. The summed E-state index contributed by atoms with van der Waals surface area (Å²) in [7, 11) is 0. The molecule has 1 aromatic heterocycles. The number of halogens is 1. The summed E-state index contributed by atoms with van der Waals surface area (Å²) in [6, 6.07) is 7.93. The van der Waals surface area contributed by atoms with E-state index in [4.69, 9.17) is 0 Å². The monoisotopic (exact) mass is 244 g/mol. The maximum absolute atomic E-state index is 13.3. The summed E-state index contributed by atoms with van der Waals surface area (Å²) in [5.41, 5.74) is 1.80. The molecule has 1 amide bonds. The van der Waals surface area contributed by atoms with Crippen LogP contribution in [-0.4, -0.2) is 10.9 Å². The summed E-state index contributed by atoms with van der Waals surface area (Å²) in [6.07, 6.45) is 1.66. The highest BCUT2D eigenvalue weighted by molar-refractivity contribution is 6.03. The molecule has 2 rings (SSSR count). The van der Waals surface area contributed by atoms with Gasteiger partial charge in [0.05, 0.1) is 0 Å². The minimum Gasteiger partial charge on any atom is -0.307 e. The topological polar surface area (TPSA) is 42.0 Å². The van der Waals surface area contributed by atoms with Gasteiger partial charge in [-0.2, -0.15) is 0 Å². The first-order valence-corrected chi connectivity index (χ1v) is 5.56. The lowest BCUT2D eigenvalue weighted by molar-refractivity contribution is 0.102. The number of hydrogen-bond donors (Lipinski definition) is 1. The fraction of sp³-hybridized carbons (Fsp3) is 0.143. The smallest absolute Gasteiger partial charge is 0.256 e. The molecule has 0 bridgehead atoms. The van der Waals surface area contributed by atoms with Crippen molar-refractivity contribution in [2.24, 2.45) is 0 Å². The molecule has 0 fully saturated rings. The SMILES string of the molecule is Cc1ccc(NC(=O)c2ccc(C)c(F)c2)nc1. The summed E-state index contributed by atoms with van der Waals surface area (Å²) in [5.74, 6) is -0.309. The average Bonchev–Trinajstić information content (AvgIpc) is 2.35.